The monoisotopic (exact) mass is 272 g/mol. The first-order valence-electron chi connectivity index (χ1n) is 9.07. The Labute approximate surface area is 125 Å². The lowest BCUT2D eigenvalue weighted by Gasteiger charge is -2.63. The molecule has 0 radical (unpaired) electrons. The molecular formula is C20H32. The third-order valence-electron chi connectivity index (χ3n) is 8.25. The lowest BCUT2D eigenvalue weighted by Crippen LogP contribution is -2.55. The van der Waals surface area contributed by atoms with E-state index in [4.69, 9.17) is 0 Å². The van der Waals surface area contributed by atoms with Gasteiger partial charge in [0, 0.05) is 0 Å². The van der Waals surface area contributed by atoms with Crippen molar-refractivity contribution in [3.63, 3.8) is 0 Å². The van der Waals surface area contributed by atoms with Gasteiger partial charge < -0.3 is 0 Å². The van der Waals surface area contributed by atoms with Gasteiger partial charge in [-0.2, -0.15) is 0 Å². The lowest BCUT2D eigenvalue weighted by molar-refractivity contribution is -0.133. The van der Waals surface area contributed by atoms with E-state index in [1.54, 1.807) is 5.57 Å². The van der Waals surface area contributed by atoms with Gasteiger partial charge in [0.05, 0.1) is 0 Å². The number of hydrogen-bond acceptors (Lipinski definition) is 0. The zero-order valence-corrected chi connectivity index (χ0v) is 14.0. The zero-order valence-electron chi connectivity index (χ0n) is 14.0. The average molecular weight is 272 g/mol. The Kier molecular flexibility index (Phi) is 2.63. The van der Waals surface area contributed by atoms with Gasteiger partial charge in [-0.25, -0.2) is 0 Å². The number of rotatable bonds is 0. The molecule has 1 spiro atoms. The highest BCUT2D eigenvalue weighted by molar-refractivity contribution is 5.26. The molecule has 0 aromatic carbocycles. The molecule has 4 aliphatic carbocycles. The van der Waals surface area contributed by atoms with Crippen LogP contribution in [0, 0.1) is 34.0 Å². The second kappa shape index (κ2) is 3.93. The van der Waals surface area contributed by atoms with Crippen LogP contribution < -0.4 is 0 Å². The Morgan fingerprint density at radius 1 is 0.950 bits per heavy atom. The highest BCUT2D eigenvalue weighted by atomic mass is 14.7. The van der Waals surface area contributed by atoms with Crippen LogP contribution in [0.4, 0.5) is 0 Å². The van der Waals surface area contributed by atoms with Crippen molar-refractivity contribution < 1.29 is 0 Å². The van der Waals surface area contributed by atoms with Gasteiger partial charge in [-0.1, -0.05) is 38.8 Å². The van der Waals surface area contributed by atoms with E-state index in [0.717, 1.165) is 17.8 Å². The first-order chi connectivity index (χ1) is 9.37. The highest BCUT2D eigenvalue weighted by Gasteiger charge is 2.61. The second-order valence-electron chi connectivity index (χ2n) is 9.59. The fraction of sp³-hybridized carbons (Fsp3) is 0.900. The van der Waals surface area contributed by atoms with Gasteiger partial charge in [0.2, 0.25) is 0 Å². The molecule has 0 aromatic heterocycles. The van der Waals surface area contributed by atoms with E-state index in [-0.39, 0.29) is 0 Å². The molecule has 0 heteroatoms. The minimum absolute atomic E-state index is 0.586. The van der Waals surface area contributed by atoms with E-state index in [1.807, 2.05) is 0 Å². The minimum Gasteiger partial charge on any atom is -0.0788 e. The summed E-state index contributed by atoms with van der Waals surface area (Å²) in [7, 11) is 0. The molecule has 20 heavy (non-hydrogen) atoms. The zero-order chi connectivity index (χ0) is 14.2. The van der Waals surface area contributed by atoms with Gasteiger partial charge in [-0.3, -0.25) is 0 Å². The lowest BCUT2D eigenvalue weighted by atomic mass is 9.41. The predicted octanol–water partition coefficient (Wildman–Crippen LogP) is 5.98. The molecule has 4 rings (SSSR count). The minimum atomic E-state index is 0.586. The van der Waals surface area contributed by atoms with Crippen LogP contribution in [-0.4, -0.2) is 0 Å². The summed E-state index contributed by atoms with van der Waals surface area (Å²) in [6.45, 7) is 10.2. The Balaban J connectivity index is 1.76. The smallest absolute Gasteiger partial charge is 0.00762 e. The number of allylic oxidation sites excluding steroid dienone is 2. The largest absolute Gasteiger partial charge is 0.0788 e. The Hall–Kier alpha value is -0.260. The molecule has 3 fully saturated rings. The first-order valence-corrected chi connectivity index (χ1v) is 9.07. The quantitative estimate of drug-likeness (QED) is 0.476. The van der Waals surface area contributed by atoms with Gasteiger partial charge in [0.25, 0.3) is 0 Å². The van der Waals surface area contributed by atoms with Crippen LogP contribution in [0.1, 0.15) is 79.1 Å². The number of hydrogen-bond donors (Lipinski definition) is 0. The Morgan fingerprint density at radius 2 is 1.75 bits per heavy atom. The molecule has 0 saturated heterocycles. The van der Waals surface area contributed by atoms with E-state index < -0.39 is 0 Å². The molecule has 2 bridgehead atoms. The van der Waals surface area contributed by atoms with Crippen molar-refractivity contribution >= 4 is 0 Å². The van der Waals surface area contributed by atoms with Crippen molar-refractivity contribution in [1.29, 1.82) is 0 Å². The summed E-state index contributed by atoms with van der Waals surface area (Å²) in [4.78, 5) is 0. The first kappa shape index (κ1) is 13.4. The molecular weight excluding hydrogens is 240 g/mol. The molecule has 3 saturated carbocycles. The summed E-state index contributed by atoms with van der Waals surface area (Å²) < 4.78 is 0. The third kappa shape index (κ3) is 1.54. The molecule has 0 heterocycles. The van der Waals surface area contributed by atoms with E-state index in [2.05, 4.69) is 33.8 Å². The molecule has 0 aliphatic heterocycles. The molecule has 5 atom stereocenters. The third-order valence-corrected chi connectivity index (χ3v) is 8.25. The van der Waals surface area contributed by atoms with E-state index in [1.165, 1.54) is 51.4 Å². The topological polar surface area (TPSA) is 0 Å². The average Bonchev–Trinajstić information content (AvgIpc) is 2.58. The molecule has 0 N–H and O–H groups in total. The predicted molar refractivity (Wildman–Crippen MR) is 85.5 cm³/mol. The maximum absolute atomic E-state index is 2.76. The molecule has 112 valence electrons. The van der Waals surface area contributed by atoms with Crippen LogP contribution in [0.15, 0.2) is 11.6 Å². The summed E-state index contributed by atoms with van der Waals surface area (Å²) in [6, 6.07) is 0. The molecule has 0 amide bonds. The summed E-state index contributed by atoms with van der Waals surface area (Å²) in [5, 5.41) is 0. The van der Waals surface area contributed by atoms with E-state index in [0.29, 0.717) is 16.2 Å². The van der Waals surface area contributed by atoms with Gasteiger partial charge in [-0.15, -0.1) is 0 Å². The van der Waals surface area contributed by atoms with Crippen LogP contribution in [0.2, 0.25) is 0 Å². The van der Waals surface area contributed by atoms with Crippen molar-refractivity contribution in [2.45, 2.75) is 79.1 Å². The Bertz CT molecular complexity index is 457. The summed E-state index contributed by atoms with van der Waals surface area (Å²) >= 11 is 0. The second-order valence-corrected chi connectivity index (χ2v) is 9.59. The fourth-order valence-electron chi connectivity index (χ4n) is 7.53. The van der Waals surface area contributed by atoms with E-state index >= 15 is 0 Å². The van der Waals surface area contributed by atoms with E-state index in [9.17, 15) is 0 Å². The van der Waals surface area contributed by atoms with Gasteiger partial charge in [0.15, 0.2) is 0 Å². The SMILES string of the molecule is CC1=C[C@@]23CC[C@H]4C(C)(C)CCC[C@]4(C)[C@H]2CC[C@@H]1C3. The molecule has 0 unspecified atom stereocenters. The number of fused-ring (bicyclic) bond motifs is 3. The molecule has 4 aliphatic rings. The van der Waals surface area contributed by atoms with Crippen molar-refractivity contribution in [1.82, 2.24) is 0 Å². The van der Waals surface area contributed by atoms with Crippen LogP contribution in [0.3, 0.4) is 0 Å². The molecule has 0 aromatic rings. The summed E-state index contributed by atoms with van der Waals surface area (Å²) in [5.41, 5.74) is 3.57. The van der Waals surface area contributed by atoms with Gasteiger partial charge in [0.1, 0.15) is 0 Å². The van der Waals surface area contributed by atoms with Crippen LogP contribution in [0.5, 0.6) is 0 Å². The van der Waals surface area contributed by atoms with Crippen molar-refractivity contribution in [3.8, 4) is 0 Å². The maximum Gasteiger partial charge on any atom is -0.00762 e. The van der Waals surface area contributed by atoms with Gasteiger partial charge >= 0.3 is 0 Å². The maximum atomic E-state index is 2.76. The van der Waals surface area contributed by atoms with Crippen LogP contribution in [-0.2, 0) is 0 Å². The van der Waals surface area contributed by atoms with Crippen molar-refractivity contribution in [3.05, 3.63) is 11.6 Å². The Morgan fingerprint density at radius 3 is 2.55 bits per heavy atom. The fourth-order valence-corrected chi connectivity index (χ4v) is 7.53. The van der Waals surface area contributed by atoms with Crippen LogP contribution >= 0.6 is 0 Å². The van der Waals surface area contributed by atoms with Crippen LogP contribution in [0.25, 0.3) is 0 Å². The summed E-state index contributed by atoms with van der Waals surface area (Å²) in [6.07, 6.45) is 14.7. The normalized spacial score (nSPS) is 53.0. The van der Waals surface area contributed by atoms with Gasteiger partial charge in [-0.05, 0) is 85.9 Å². The standard InChI is InChI=1S/C20H32/c1-14-12-20-11-8-16-18(2,3)9-5-10-19(16,4)17(20)7-6-15(14)13-20/h12,15-17H,5-11,13H2,1-4H3/t15-,16+,17-,19+,20-/m1/s1. The molecule has 0 nitrogen and oxygen atoms in total. The summed E-state index contributed by atoms with van der Waals surface area (Å²) in [5.74, 6) is 2.91. The van der Waals surface area contributed by atoms with Crippen molar-refractivity contribution in [2.24, 2.45) is 34.0 Å². The highest BCUT2D eigenvalue weighted by Crippen LogP contribution is 2.70. The van der Waals surface area contributed by atoms with Crippen molar-refractivity contribution in [2.75, 3.05) is 0 Å².